The lowest BCUT2D eigenvalue weighted by atomic mass is 9.94. The van der Waals surface area contributed by atoms with Crippen molar-refractivity contribution in [3.8, 4) is 0 Å². The first-order valence-corrected chi connectivity index (χ1v) is 5.68. The number of hydrogen-bond donors (Lipinski definition) is 2. The highest BCUT2D eigenvalue weighted by molar-refractivity contribution is 5.92. The van der Waals surface area contributed by atoms with E-state index in [1.807, 2.05) is 25.5 Å². The summed E-state index contributed by atoms with van der Waals surface area (Å²) in [5.41, 5.74) is 1.25. The van der Waals surface area contributed by atoms with E-state index in [2.05, 4.69) is 4.98 Å². The number of fused-ring (bicyclic) bond motifs is 1. The van der Waals surface area contributed by atoms with Crippen molar-refractivity contribution in [1.29, 1.82) is 0 Å². The van der Waals surface area contributed by atoms with Gasteiger partial charge in [0.1, 0.15) is 5.82 Å². The molecule has 2 N–H and O–H groups in total. The van der Waals surface area contributed by atoms with Crippen molar-refractivity contribution < 1.29 is 15.0 Å². The van der Waals surface area contributed by atoms with Crippen molar-refractivity contribution in [2.75, 3.05) is 6.61 Å². The minimum absolute atomic E-state index is 0.0179. The second-order valence-electron chi connectivity index (χ2n) is 5.05. The van der Waals surface area contributed by atoms with Crippen LogP contribution in [0.1, 0.15) is 30.0 Å². The highest BCUT2D eigenvalue weighted by Crippen LogP contribution is 2.26. The van der Waals surface area contributed by atoms with Crippen molar-refractivity contribution in [2.45, 2.75) is 19.3 Å². The fourth-order valence-electron chi connectivity index (χ4n) is 2.01. The third kappa shape index (κ3) is 1.86. The molecule has 0 saturated carbocycles. The molecule has 0 atom stereocenters. The molecule has 1 heterocycles. The van der Waals surface area contributed by atoms with Crippen LogP contribution in [0.25, 0.3) is 11.0 Å². The summed E-state index contributed by atoms with van der Waals surface area (Å²) < 4.78 is 1.89. The van der Waals surface area contributed by atoms with Crippen LogP contribution in [0.3, 0.4) is 0 Å². The minimum Gasteiger partial charge on any atom is -0.478 e. The van der Waals surface area contributed by atoms with Gasteiger partial charge in [-0.15, -0.1) is 0 Å². The van der Waals surface area contributed by atoms with Crippen LogP contribution < -0.4 is 0 Å². The second-order valence-corrected chi connectivity index (χ2v) is 5.05. The summed E-state index contributed by atoms with van der Waals surface area (Å²) in [5.74, 6) is -0.229. The normalized spacial score (nSPS) is 12.0. The topological polar surface area (TPSA) is 75.3 Å². The van der Waals surface area contributed by atoms with Crippen LogP contribution in [0.4, 0.5) is 0 Å². The van der Waals surface area contributed by atoms with Gasteiger partial charge in [-0.1, -0.05) is 13.8 Å². The van der Waals surface area contributed by atoms with Gasteiger partial charge < -0.3 is 14.8 Å². The lowest BCUT2D eigenvalue weighted by Gasteiger charge is -2.20. The van der Waals surface area contributed by atoms with Crippen molar-refractivity contribution in [2.24, 2.45) is 7.05 Å². The molecule has 0 bridgehead atoms. The molecule has 0 fully saturated rings. The molecule has 0 aliphatic rings. The van der Waals surface area contributed by atoms with E-state index in [-0.39, 0.29) is 12.2 Å². The first kappa shape index (κ1) is 12.6. The van der Waals surface area contributed by atoms with Gasteiger partial charge in [0.05, 0.1) is 23.2 Å². The number of aliphatic hydroxyl groups excluding tert-OH is 1. The van der Waals surface area contributed by atoms with Gasteiger partial charge in [-0.2, -0.15) is 0 Å². The maximum atomic E-state index is 10.9. The number of nitrogens with zero attached hydrogens (tertiary/aromatic N) is 2. The Balaban J connectivity index is 2.66. The van der Waals surface area contributed by atoms with Gasteiger partial charge in [-0.25, -0.2) is 9.78 Å². The Kier molecular flexibility index (Phi) is 2.86. The number of benzene rings is 1. The van der Waals surface area contributed by atoms with E-state index in [4.69, 9.17) is 5.11 Å². The van der Waals surface area contributed by atoms with Gasteiger partial charge >= 0.3 is 5.97 Å². The number of rotatable bonds is 3. The summed E-state index contributed by atoms with van der Waals surface area (Å²) in [7, 11) is 1.86. The van der Waals surface area contributed by atoms with Crippen molar-refractivity contribution >= 4 is 17.0 Å². The van der Waals surface area contributed by atoms with E-state index in [0.717, 1.165) is 11.3 Å². The Bertz CT molecular complexity index is 614. The molecule has 0 spiro atoms. The largest absolute Gasteiger partial charge is 0.478 e. The Hall–Kier alpha value is -1.88. The van der Waals surface area contributed by atoms with Gasteiger partial charge in [0.2, 0.25) is 0 Å². The zero-order chi connectivity index (χ0) is 13.5. The molecule has 2 rings (SSSR count). The molecule has 5 heteroatoms. The maximum Gasteiger partial charge on any atom is 0.335 e. The Morgan fingerprint density at radius 1 is 1.44 bits per heavy atom. The molecular formula is C13H16N2O3. The number of aromatic nitrogens is 2. The Labute approximate surface area is 105 Å². The lowest BCUT2D eigenvalue weighted by molar-refractivity contribution is 0.0697. The molecule has 1 aromatic heterocycles. The van der Waals surface area contributed by atoms with Gasteiger partial charge in [0.25, 0.3) is 0 Å². The van der Waals surface area contributed by atoms with Crippen LogP contribution in [0.5, 0.6) is 0 Å². The van der Waals surface area contributed by atoms with Crippen LogP contribution in [0.2, 0.25) is 0 Å². The van der Waals surface area contributed by atoms with E-state index in [1.54, 1.807) is 18.2 Å². The summed E-state index contributed by atoms with van der Waals surface area (Å²) in [5, 5.41) is 18.3. The fourth-order valence-corrected chi connectivity index (χ4v) is 2.01. The smallest absolute Gasteiger partial charge is 0.335 e. The number of aryl methyl sites for hydroxylation is 1. The summed E-state index contributed by atoms with van der Waals surface area (Å²) in [4.78, 5) is 15.4. The molecule has 0 aliphatic heterocycles. The first-order chi connectivity index (χ1) is 8.36. The first-order valence-electron chi connectivity index (χ1n) is 5.68. The van der Waals surface area contributed by atoms with Crippen LogP contribution in [0, 0.1) is 0 Å². The highest BCUT2D eigenvalue weighted by atomic mass is 16.4. The molecule has 96 valence electrons. The number of carboxylic acid groups (broad SMARTS) is 1. The SMILES string of the molecule is Cn1c(C(C)(C)CO)nc2cc(C(=O)O)ccc21. The molecule has 0 amide bonds. The fraction of sp³-hybridized carbons (Fsp3) is 0.385. The highest BCUT2D eigenvalue weighted by Gasteiger charge is 2.26. The minimum atomic E-state index is -0.967. The molecule has 0 aliphatic carbocycles. The zero-order valence-electron chi connectivity index (χ0n) is 10.6. The molecule has 1 aromatic carbocycles. The molecule has 18 heavy (non-hydrogen) atoms. The quantitative estimate of drug-likeness (QED) is 0.864. The second kappa shape index (κ2) is 4.10. The molecule has 5 nitrogen and oxygen atoms in total. The van der Waals surface area contributed by atoms with E-state index < -0.39 is 11.4 Å². The number of carbonyl (C=O) groups is 1. The van der Waals surface area contributed by atoms with Crippen LogP contribution in [0.15, 0.2) is 18.2 Å². The average molecular weight is 248 g/mol. The van der Waals surface area contributed by atoms with E-state index in [1.165, 1.54) is 0 Å². The summed E-state index contributed by atoms with van der Waals surface area (Å²) in [6.45, 7) is 3.77. The van der Waals surface area contributed by atoms with Crippen LogP contribution in [-0.2, 0) is 12.5 Å². The lowest BCUT2D eigenvalue weighted by Crippen LogP contribution is -2.26. The van der Waals surface area contributed by atoms with Crippen molar-refractivity contribution in [3.05, 3.63) is 29.6 Å². The third-order valence-electron chi connectivity index (χ3n) is 3.13. The summed E-state index contributed by atoms with van der Waals surface area (Å²) in [6.07, 6.45) is 0. The molecule has 0 radical (unpaired) electrons. The molecule has 2 aromatic rings. The number of imidazole rings is 1. The average Bonchev–Trinajstić information content (AvgIpc) is 2.67. The Morgan fingerprint density at radius 3 is 2.67 bits per heavy atom. The summed E-state index contributed by atoms with van der Waals surface area (Å²) >= 11 is 0. The van der Waals surface area contributed by atoms with Crippen molar-refractivity contribution in [1.82, 2.24) is 9.55 Å². The standard InChI is InChI=1S/C13H16N2O3/c1-13(2,7-16)12-14-9-6-8(11(17)18)4-5-10(9)15(12)3/h4-6,16H,7H2,1-3H3,(H,17,18). The predicted octanol–water partition coefficient (Wildman–Crippen LogP) is 1.54. The summed E-state index contributed by atoms with van der Waals surface area (Å²) in [6, 6.07) is 4.85. The maximum absolute atomic E-state index is 10.9. The van der Waals surface area contributed by atoms with Crippen molar-refractivity contribution in [3.63, 3.8) is 0 Å². The Morgan fingerprint density at radius 2 is 2.11 bits per heavy atom. The predicted molar refractivity (Wildman–Crippen MR) is 67.8 cm³/mol. The molecule has 0 unspecified atom stereocenters. The van der Waals surface area contributed by atoms with E-state index in [0.29, 0.717) is 5.52 Å². The zero-order valence-corrected chi connectivity index (χ0v) is 10.6. The van der Waals surface area contributed by atoms with Crippen LogP contribution >= 0.6 is 0 Å². The van der Waals surface area contributed by atoms with Gasteiger partial charge in [0, 0.05) is 12.5 Å². The monoisotopic (exact) mass is 248 g/mol. The van der Waals surface area contributed by atoms with Gasteiger partial charge in [0.15, 0.2) is 0 Å². The third-order valence-corrected chi connectivity index (χ3v) is 3.13. The van der Waals surface area contributed by atoms with Gasteiger partial charge in [-0.05, 0) is 18.2 Å². The van der Waals surface area contributed by atoms with E-state index in [9.17, 15) is 9.90 Å². The molecular weight excluding hydrogens is 232 g/mol. The molecule has 0 saturated heterocycles. The number of aromatic carboxylic acids is 1. The van der Waals surface area contributed by atoms with E-state index >= 15 is 0 Å². The number of hydrogen-bond acceptors (Lipinski definition) is 3. The number of carboxylic acids is 1. The number of aliphatic hydroxyl groups is 1. The van der Waals surface area contributed by atoms with Crippen LogP contribution in [-0.4, -0.2) is 32.3 Å². The van der Waals surface area contributed by atoms with Gasteiger partial charge in [-0.3, -0.25) is 0 Å².